The molecule has 0 saturated heterocycles. The molecule has 1 aromatic heterocycles. The molecule has 2 aromatic rings. The summed E-state index contributed by atoms with van der Waals surface area (Å²) in [6.07, 6.45) is 2.29. The number of ether oxygens (including phenoxy) is 1. The van der Waals surface area contributed by atoms with Crippen LogP contribution in [-0.2, 0) is 9.53 Å². The second-order valence-corrected chi connectivity index (χ2v) is 4.63. The highest BCUT2D eigenvalue weighted by molar-refractivity contribution is 6.05. The van der Waals surface area contributed by atoms with Gasteiger partial charge in [-0.2, -0.15) is 0 Å². The molecule has 0 aliphatic rings. The third kappa shape index (κ3) is 3.85. The zero-order valence-corrected chi connectivity index (χ0v) is 12.1. The predicted molar refractivity (Wildman–Crippen MR) is 80.4 cm³/mol. The van der Waals surface area contributed by atoms with Crippen molar-refractivity contribution in [3.05, 3.63) is 36.0 Å². The molecule has 2 rings (SSSR count). The first kappa shape index (κ1) is 15.6. The predicted octanol–water partition coefficient (Wildman–Crippen LogP) is 1.56. The Morgan fingerprint density at radius 3 is 2.77 bits per heavy atom. The number of H-pyrrole nitrogens is 1. The van der Waals surface area contributed by atoms with Crippen LogP contribution in [0.25, 0.3) is 10.9 Å². The Bertz CT molecular complexity index is 693. The van der Waals surface area contributed by atoms with E-state index in [1.165, 1.54) is 6.20 Å². The lowest BCUT2D eigenvalue weighted by molar-refractivity contribution is -0.123. The Morgan fingerprint density at radius 2 is 2.00 bits per heavy atom. The van der Waals surface area contributed by atoms with Gasteiger partial charge < -0.3 is 15.0 Å². The van der Waals surface area contributed by atoms with Crippen molar-refractivity contribution >= 4 is 28.8 Å². The zero-order valence-electron chi connectivity index (χ0n) is 12.1. The fourth-order valence-corrected chi connectivity index (χ4v) is 1.89. The highest BCUT2D eigenvalue weighted by atomic mass is 16.5. The SMILES string of the molecule is CCCNC(=O)NC(=O)COC(=O)c1c[nH]c2ccccc12. The number of benzene rings is 1. The van der Waals surface area contributed by atoms with Gasteiger partial charge in [0, 0.05) is 23.6 Å². The van der Waals surface area contributed by atoms with E-state index in [-0.39, 0.29) is 0 Å². The van der Waals surface area contributed by atoms with E-state index in [2.05, 4.69) is 15.6 Å². The van der Waals surface area contributed by atoms with Gasteiger partial charge in [-0.1, -0.05) is 25.1 Å². The number of carbonyl (C=O) groups excluding carboxylic acids is 3. The summed E-state index contributed by atoms with van der Waals surface area (Å²) < 4.78 is 4.91. The van der Waals surface area contributed by atoms with Crippen molar-refractivity contribution < 1.29 is 19.1 Å². The number of imide groups is 1. The van der Waals surface area contributed by atoms with Gasteiger partial charge in [0.1, 0.15) is 0 Å². The van der Waals surface area contributed by atoms with Gasteiger partial charge in [-0.15, -0.1) is 0 Å². The minimum atomic E-state index is -0.679. The lowest BCUT2D eigenvalue weighted by atomic mass is 10.2. The average molecular weight is 303 g/mol. The number of hydrogen-bond acceptors (Lipinski definition) is 4. The van der Waals surface area contributed by atoms with Crippen LogP contribution in [0.3, 0.4) is 0 Å². The molecule has 3 amide bonds. The maximum atomic E-state index is 12.0. The Kier molecular flexibility index (Phi) is 5.13. The molecular weight excluding hydrogens is 286 g/mol. The van der Waals surface area contributed by atoms with E-state index < -0.39 is 24.5 Å². The number of fused-ring (bicyclic) bond motifs is 1. The van der Waals surface area contributed by atoms with Crippen LogP contribution in [-0.4, -0.2) is 36.0 Å². The van der Waals surface area contributed by atoms with Gasteiger partial charge in [0.25, 0.3) is 5.91 Å². The molecule has 0 unspecified atom stereocenters. The first-order valence-corrected chi connectivity index (χ1v) is 6.92. The molecule has 0 bridgehead atoms. The number of hydrogen-bond donors (Lipinski definition) is 3. The van der Waals surface area contributed by atoms with Gasteiger partial charge >= 0.3 is 12.0 Å². The van der Waals surface area contributed by atoms with E-state index in [9.17, 15) is 14.4 Å². The molecule has 7 heteroatoms. The molecule has 0 spiro atoms. The third-order valence-corrected chi connectivity index (χ3v) is 2.93. The minimum absolute atomic E-state index is 0.346. The van der Waals surface area contributed by atoms with Gasteiger partial charge in [-0.3, -0.25) is 10.1 Å². The topological polar surface area (TPSA) is 100 Å². The highest BCUT2D eigenvalue weighted by Crippen LogP contribution is 2.18. The van der Waals surface area contributed by atoms with Crippen LogP contribution < -0.4 is 10.6 Å². The normalized spacial score (nSPS) is 10.2. The molecule has 0 aliphatic carbocycles. The standard InChI is InChI=1S/C15H17N3O4/c1-2-7-16-15(21)18-13(19)9-22-14(20)11-8-17-12-6-4-3-5-10(11)12/h3-6,8,17H,2,7,9H2,1H3,(H2,16,18,19,21). The third-order valence-electron chi connectivity index (χ3n) is 2.93. The van der Waals surface area contributed by atoms with Crippen molar-refractivity contribution in [2.24, 2.45) is 0 Å². The number of aromatic amines is 1. The number of rotatable bonds is 5. The van der Waals surface area contributed by atoms with Crippen molar-refractivity contribution in [2.75, 3.05) is 13.2 Å². The van der Waals surface area contributed by atoms with Crippen molar-refractivity contribution in [1.82, 2.24) is 15.6 Å². The van der Waals surface area contributed by atoms with Crippen LogP contribution in [0.15, 0.2) is 30.5 Å². The maximum Gasteiger partial charge on any atom is 0.340 e. The largest absolute Gasteiger partial charge is 0.452 e. The number of esters is 1. The van der Waals surface area contributed by atoms with Crippen LogP contribution >= 0.6 is 0 Å². The summed E-state index contributed by atoms with van der Waals surface area (Å²) in [5.41, 5.74) is 1.15. The van der Waals surface area contributed by atoms with E-state index in [0.29, 0.717) is 17.5 Å². The fraction of sp³-hybridized carbons (Fsp3) is 0.267. The number of amides is 3. The monoisotopic (exact) mass is 303 g/mol. The summed E-state index contributed by atoms with van der Waals surface area (Å²) in [6, 6.07) is 6.65. The molecule has 0 aliphatic heterocycles. The summed E-state index contributed by atoms with van der Waals surface area (Å²) in [4.78, 5) is 37.7. The van der Waals surface area contributed by atoms with E-state index >= 15 is 0 Å². The number of carbonyl (C=O) groups is 3. The minimum Gasteiger partial charge on any atom is -0.452 e. The maximum absolute atomic E-state index is 12.0. The van der Waals surface area contributed by atoms with E-state index in [4.69, 9.17) is 4.74 Å². The van der Waals surface area contributed by atoms with Crippen LogP contribution in [0, 0.1) is 0 Å². The lowest BCUT2D eigenvalue weighted by Gasteiger charge is -2.06. The summed E-state index contributed by atoms with van der Waals surface area (Å²) in [7, 11) is 0. The Balaban J connectivity index is 1.87. The summed E-state index contributed by atoms with van der Waals surface area (Å²) in [5, 5.41) is 5.28. The summed E-state index contributed by atoms with van der Waals surface area (Å²) in [6.45, 7) is 1.84. The van der Waals surface area contributed by atoms with Gasteiger partial charge in [0.15, 0.2) is 6.61 Å². The highest BCUT2D eigenvalue weighted by Gasteiger charge is 2.15. The first-order valence-electron chi connectivity index (χ1n) is 6.92. The molecule has 22 heavy (non-hydrogen) atoms. The molecule has 3 N–H and O–H groups in total. The molecule has 116 valence electrons. The van der Waals surface area contributed by atoms with Gasteiger partial charge in [0.05, 0.1) is 5.56 Å². The Morgan fingerprint density at radius 1 is 1.23 bits per heavy atom. The zero-order chi connectivity index (χ0) is 15.9. The average Bonchev–Trinajstić information content (AvgIpc) is 2.94. The molecule has 1 heterocycles. The van der Waals surface area contributed by atoms with Gasteiger partial charge in [-0.25, -0.2) is 9.59 Å². The molecule has 7 nitrogen and oxygen atoms in total. The molecule has 0 fully saturated rings. The fourth-order valence-electron chi connectivity index (χ4n) is 1.89. The van der Waals surface area contributed by atoms with Crippen LogP contribution in [0.4, 0.5) is 4.79 Å². The smallest absolute Gasteiger partial charge is 0.340 e. The Hall–Kier alpha value is -2.83. The van der Waals surface area contributed by atoms with Crippen LogP contribution in [0.5, 0.6) is 0 Å². The van der Waals surface area contributed by atoms with Crippen molar-refractivity contribution in [3.63, 3.8) is 0 Å². The number of aromatic nitrogens is 1. The molecular formula is C15H17N3O4. The van der Waals surface area contributed by atoms with E-state index in [0.717, 1.165) is 11.9 Å². The molecule has 0 radical (unpaired) electrons. The second kappa shape index (κ2) is 7.26. The van der Waals surface area contributed by atoms with E-state index in [1.807, 2.05) is 19.1 Å². The first-order chi connectivity index (χ1) is 10.6. The summed E-state index contributed by atoms with van der Waals surface area (Å²) >= 11 is 0. The van der Waals surface area contributed by atoms with E-state index in [1.54, 1.807) is 12.1 Å². The van der Waals surface area contributed by atoms with Crippen molar-refractivity contribution in [3.8, 4) is 0 Å². The molecule has 1 aromatic carbocycles. The van der Waals surface area contributed by atoms with Crippen molar-refractivity contribution in [1.29, 1.82) is 0 Å². The van der Waals surface area contributed by atoms with Gasteiger partial charge in [-0.05, 0) is 12.5 Å². The molecule has 0 atom stereocenters. The number of nitrogens with one attached hydrogen (secondary N) is 3. The Labute approximate surface area is 127 Å². The second-order valence-electron chi connectivity index (χ2n) is 4.63. The van der Waals surface area contributed by atoms with Crippen LogP contribution in [0.1, 0.15) is 23.7 Å². The van der Waals surface area contributed by atoms with Crippen molar-refractivity contribution in [2.45, 2.75) is 13.3 Å². The number of urea groups is 1. The summed E-state index contributed by atoms with van der Waals surface area (Å²) in [5.74, 6) is -1.30. The lowest BCUT2D eigenvalue weighted by Crippen LogP contribution is -2.41. The van der Waals surface area contributed by atoms with Crippen LogP contribution in [0.2, 0.25) is 0 Å². The quantitative estimate of drug-likeness (QED) is 0.730. The molecule has 0 saturated carbocycles. The van der Waals surface area contributed by atoms with Gasteiger partial charge in [0.2, 0.25) is 0 Å². The number of para-hydroxylation sites is 1.